The molecule has 0 saturated heterocycles. The van der Waals surface area contributed by atoms with Gasteiger partial charge >= 0.3 is 5.97 Å². The van der Waals surface area contributed by atoms with Crippen LogP contribution in [0.25, 0.3) is 11.3 Å². The Morgan fingerprint density at radius 1 is 1.26 bits per heavy atom. The Labute approximate surface area is 138 Å². The number of sulfonamides is 1. The van der Waals surface area contributed by atoms with Gasteiger partial charge in [-0.15, -0.1) is 11.3 Å². The van der Waals surface area contributed by atoms with Gasteiger partial charge < -0.3 is 4.74 Å². The van der Waals surface area contributed by atoms with E-state index in [2.05, 4.69) is 0 Å². The lowest BCUT2D eigenvalue weighted by Crippen LogP contribution is -2.20. The van der Waals surface area contributed by atoms with Gasteiger partial charge in [-0.25, -0.2) is 13.2 Å². The SMILES string of the molecule is COC(=O)/C(=C1\c2cc(C)ccc2S(=O)(=O)N1C)c1cccs1. The molecule has 1 aliphatic rings. The minimum Gasteiger partial charge on any atom is -0.465 e. The molecule has 23 heavy (non-hydrogen) atoms. The van der Waals surface area contributed by atoms with Gasteiger partial charge in [-0.05, 0) is 30.5 Å². The molecule has 2 heterocycles. The number of carbonyl (C=O) groups excluding carboxylic acids is 1. The molecule has 1 aliphatic heterocycles. The summed E-state index contributed by atoms with van der Waals surface area (Å²) in [5.41, 5.74) is 2.07. The van der Waals surface area contributed by atoms with Crippen LogP contribution >= 0.6 is 11.3 Å². The summed E-state index contributed by atoms with van der Waals surface area (Å²) in [6, 6.07) is 8.69. The first kappa shape index (κ1) is 15.8. The largest absolute Gasteiger partial charge is 0.465 e. The van der Waals surface area contributed by atoms with E-state index in [9.17, 15) is 13.2 Å². The average Bonchev–Trinajstić information content (AvgIpc) is 3.09. The van der Waals surface area contributed by atoms with Crippen LogP contribution in [0.15, 0.2) is 40.6 Å². The summed E-state index contributed by atoms with van der Waals surface area (Å²) in [4.78, 5) is 13.2. The predicted molar refractivity (Wildman–Crippen MR) is 89.3 cm³/mol. The van der Waals surface area contributed by atoms with Crippen molar-refractivity contribution >= 4 is 38.6 Å². The third kappa shape index (κ3) is 2.36. The number of methoxy groups -OCH3 is 1. The van der Waals surface area contributed by atoms with Crippen LogP contribution in [0.5, 0.6) is 0 Å². The molecule has 1 aromatic heterocycles. The van der Waals surface area contributed by atoms with Crippen LogP contribution in [0.3, 0.4) is 0 Å². The Morgan fingerprint density at radius 2 is 2.00 bits per heavy atom. The van der Waals surface area contributed by atoms with Crippen molar-refractivity contribution in [3.8, 4) is 0 Å². The lowest BCUT2D eigenvalue weighted by atomic mass is 10.0. The molecule has 0 saturated carbocycles. The van der Waals surface area contributed by atoms with E-state index < -0.39 is 16.0 Å². The molecule has 7 heteroatoms. The molecule has 0 spiro atoms. The van der Waals surface area contributed by atoms with Crippen molar-refractivity contribution in [3.63, 3.8) is 0 Å². The fourth-order valence-electron chi connectivity index (χ4n) is 2.62. The summed E-state index contributed by atoms with van der Waals surface area (Å²) < 4.78 is 31.3. The molecule has 2 aromatic rings. The number of nitrogens with zero attached hydrogens (tertiary/aromatic N) is 1. The lowest BCUT2D eigenvalue weighted by molar-refractivity contribution is -0.133. The van der Waals surface area contributed by atoms with Crippen molar-refractivity contribution in [2.75, 3.05) is 14.2 Å². The first-order valence-electron chi connectivity index (χ1n) is 6.84. The van der Waals surface area contributed by atoms with Gasteiger partial charge in [-0.3, -0.25) is 4.31 Å². The van der Waals surface area contributed by atoms with Crippen LogP contribution in [-0.4, -0.2) is 32.8 Å². The number of benzene rings is 1. The zero-order valence-electron chi connectivity index (χ0n) is 12.9. The van der Waals surface area contributed by atoms with Crippen LogP contribution in [0.4, 0.5) is 0 Å². The summed E-state index contributed by atoms with van der Waals surface area (Å²) >= 11 is 1.36. The van der Waals surface area contributed by atoms with Gasteiger partial charge in [0.05, 0.1) is 17.7 Å². The summed E-state index contributed by atoms with van der Waals surface area (Å²) in [5, 5.41) is 1.83. The number of thiophene rings is 1. The van der Waals surface area contributed by atoms with Gasteiger partial charge in [-0.2, -0.15) is 0 Å². The second kappa shape index (κ2) is 5.50. The maximum Gasteiger partial charge on any atom is 0.341 e. The quantitative estimate of drug-likeness (QED) is 0.618. The Morgan fingerprint density at radius 3 is 2.61 bits per heavy atom. The molecule has 0 aliphatic carbocycles. The predicted octanol–water partition coefficient (Wildman–Crippen LogP) is 2.73. The molecule has 0 bridgehead atoms. The normalized spacial score (nSPS) is 17.8. The van der Waals surface area contributed by atoms with Crippen molar-refractivity contribution < 1.29 is 17.9 Å². The fourth-order valence-corrected chi connectivity index (χ4v) is 4.78. The highest BCUT2D eigenvalue weighted by molar-refractivity contribution is 7.90. The number of hydrogen-bond donors (Lipinski definition) is 0. The van der Waals surface area contributed by atoms with E-state index in [-0.39, 0.29) is 10.5 Å². The highest BCUT2D eigenvalue weighted by Crippen LogP contribution is 2.43. The van der Waals surface area contributed by atoms with Crippen molar-refractivity contribution in [3.05, 3.63) is 51.7 Å². The van der Waals surface area contributed by atoms with E-state index in [0.29, 0.717) is 16.1 Å². The maximum atomic E-state index is 12.6. The van der Waals surface area contributed by atoms with Crippen molar-refractivity contribution in [1.29, 1.82) is 0 Å². The standard InChI is InChI=1S/C16H15NO4S2/c1-10-6-7-13-11(9-10)15(17(2)23(13,19)20)14(16(18)21-3)12-5-4-8-22-12/h4-9H,1-3H3/b15-14+. The van der Waals surface area contributed by atoms with Crippen LogP contribution in [-0.2, 0) is 19.6 Å². The first-order chi connectivity index (χ1) is 10.9. The van der Waals surface area contributed by atoms with Crippen molar-refractivity contribution in [2.24, 2.45) is 0 Å². The Bertz CT molecular complexity index is 912. The number of aryl methyl sites for hydroxylation is 1. The first-order valence-corrected chi connectivity index (χ1v) is 9.16. The molecular weight excluding hydrogens is 334 g/mol. The molecule has 0 N–H and O–H groups in total. The molecule has 1 aromatic carbocycles. The molecule has 5 nitrogen and oxygen atoms in total. The fraction of sp³-hybridized carbons (Fsp3) is 0.188. The monoisotopic (exact) mass is 349 g/mol. The highest BCUT2D eigenvalue weighted by atomic mass is 32.2. The summed E-state index contributed by atoms with van der Waals surface area (Å²) in [6.07, 6.45) is 0. The van der Waals surface area contributed by atoms with Gasteiger partial charge in [0.2, 0.25) is 0 Å². The van der Waals surface area contributed by atoms with Gasteiger partial charge in [0.1, 0.15) is 5.57 Å². The van der Waals surface area contributed by atoms with Crippen LogP contribution < -0.4 is 0 Å². The molecule has 0 fully saturated rings. The van der Waals surface area contributed by atoms with Gasteiger partial charge in [-0.1, -0.05) is 17.7 Å². The van der Waals surface area contributed by atoms with E-state index in [1.165, 1.54) is 25.5 Å². The highest BCUT2D eigenvalue weighted by Gasteiger charge is 2.39. The number of carbonyl (C=O) groups is 1. The molecule has 3 rings (SSSR count). The lowest BCUT2D eigenvalue weighted by Gasteiger charge is -2.16. The summed E-state index contributed by atoms with van der Waals surface area (Å²) in [5.74, 6) is -0.557. The van der Waals surface area contributed by atoms with Crippen molar-refractivity contribution in [2.45, 2.75) is 11.8 Å². The van der Waals surface area contributed by atoms with Gasteiger partial charge in [0, 0.05) is 17.5 Å². The minimum atomic E-state index is -3.66. The number of esters is 1. The molecular formula is C16H15NO4S2. The number of ether oxygens (including phenoxy) is 1. The third-order valence-electron chi connectivity index (χ3n) is 3.74. The van der Waals surface area contributed by atoms with Gasteiger partial charge in [0.15, 0.2) is 0 Å². The Hall–Kier alpha value is -2.12. The smallest absolute Gasteiger partial charge is 0.341 e. The van der Waals surface area contributed by atoms with Gasteiger partial charge in [0.25, 0.3) is 10.0 Å². The number of hydrogen-bond acceptors (Lipinski definition) is 5. The van der Waals surface area contributed by atoms with Crippen molar-refractivity contribution in [1.82, 2.24) is 4.31 Å². The Kier molecular flexibility index (Phi) is 3.77. The second-order valence-corrected chi connectivity index (χ2v) is 8.05. The minimum absolute atomic E-state index is 0.207. The van der Waals surface area contributed by atoms with E-state index in [1.54, 1.807) is 24.3 Å². The molecule has 0 radical (unpaired) electrons. The number of fused-ring (bicyclic) bond motifs is 1. The number of rotatable bonds is 2. The van der Waals surface area contributed by atoms with E-state index in [1.807, 2.05) is 18.4 Å². The zero-order valence-corrected chi connectivity index (χ0v) is 14.5. The second-order valence-electron chi connectivity index (χ2n) is 5.16. The third-order valence-corrected chi connectivity index (χ3v) is 6.44. The van der Waals surface area contributed by atoms with E-state index in [4.69, 9.17) is 4.74 Å². The molecule has 0 amide bonds. The average molecular weight is 349 g/mol. The zero-order chi connectivity index (χ0) is 16.8. The Balaban J connectivity index is 2.41. The van der Waals surface area contributed by atoms with E-state index in [0.717, 1.165) is 9.87 Å². The molecule has 120 valence electrons. The van der Waals surface area contributed by atoms with E-state index >= 15 is 0 Å². The maximum absolute atomic E-state index is 12.6. The molecule has 0 unspecified atom stereocenters. The summed E-state index contributed by atoms with van der Waals surface area (Å²) in [6.45, 7) is 1.88. The van der Waals surface area contributed by atoms with Crippen LogP contribution in [0.2, 0.25) is 0 Å². The van der Waals surface area contributed by atoms with Crippen LogP contribution in [0.1, 0.15) is 16.0 Å². The van der Waals surface area contributed by atoms with Crippen LogP contribution in [0, 0.1) is 6.92 Å². The molecule has 0 atom stereocenters. The topological polar surface area (TPSA) is 63.7 Å². The summed E-state index contributed by atoms with van der Waals surface area (Å²) in [7, 11) is -0.912.